The highest BCUT2D eigenvalue weighted by Gasteiger charge is 2.50. The fourth-order valence-corrected chi connectivity index (χ4v) is 2.77. The van der Waals surface area contributed by atoms with Gasteiger partial charge in [0.2, 0.25) is 0 Å². The quantitative estimate of drug-likeness (QED) is 0.847. The fraction of sp³-hybridized carbons (Fsp3) is 0.467. The Morgan fingerprint density at radius 1 is 1.20 bits per heavy atom. The van der Waals surface area contributed by atoms with Crippen LogP contribution >= 0.6 is 0 Å². The van der Waals surface area contributed by atoms with E-state index in [-0.39, 0.29) is 18.0 Å². The van der Waals surface area contributed by atoms with Crippen LogP contribution in [0.25, 0.3) is 0 Å². The number of nitrogens with one attached hydrogen (secondary N) is 1. The molecule has 1 N–H and O–H groups in total. The summed E-state index contributed by atoms with van der Waals surface area (Å²) in [4.78, 5) is 23.9. The maximum absolute atomic E-state index is 12.0. The van der Waals surface area contributed by atoms with Gasteiger partial charge in [-0.1, -0.05) is 30.3 Å². The predicted octanol–water partition coefficient (Wildman–Crippen LogP) is 1.44. The minimum Gasteiger partial charge on any atom is -0.469 e. The zero-order chi connectivity index (χ0) is 14.8. The molecular formula is C15H19NO4. The number of hydrogen-bond acceptors (Lipinski definition) is 5. The van der Waals surface area contributed by atoms with Crippen molar-refractivity contribution in [1.82, 2.24) is 5.32 Å². The van der Waals surface area contributed by atoms with Gasteiger partial charge in [-0.15, -0.1) is 0 Å². The van der Waals surface area contributed by atoms with Gasteiger partial charge in [0, 0.05) is 6.04 Å². The van der Waals surface area contributed by atoms with E-state index < -0.39 is 11.5 Å². The van der Waals surface area contributed by atoms with Crippen LogP contribution in [0.5, 0.6) is 0 Å². The Kier molecular flexibility index (Phi) is 4.09. The highest BCUT2D eigenvalue weighted by Crippen LogP contribution is 2.39. The van der Waals surface area contributed by atoms with Crippen molar-refractivity contribution in [1.29, 1.82) is 0 Å². The molecule has 0 amide bonds. The molecule has 5 heteroatoms. The summed E-state index contributed by atoms with van der Waals surface area (Å²) in [6.07, 6.45) is 0.353. The van der Waals surface area contributed by atoms with Crippen LogP contribution in [0.3, 0.4) is 0 Å². The largest absolute Gasteiger partial charge is 0.469 e. The lowest BCUT2D eigenvalue weighted by molar-refractivity contribution is -0.148. The maximum Gasteiger partial charge on any atom is 0.325 e. The molecule has 0 aromatic heterocycles. The van der Waals surface area contributed by atoms with E-state index >= 15 is 0 Å². The van der Waals surface area contributed by atoms with Crippen molar-refractivity contribution >= 4 is 11.9 Å². The van der Waals surface area contributed by atoms with Gasteiger partial charge in [-0.3, -0.25) is 14.9 Å². The summed E-state index contributed by atoms with van der Waals surface area (Å²) in [6, 6.07) is 9.31. The van der Waals surface area contributed by atoms with Crippen molar-refractivity contribution in [3.8, 4) is 0 Å². The van der Waals surface area contributed by atoms with Crippen LogP contribution in [-0.4, -0.2) is 31.7 Å². The summed E-state index contributed by atoms with van der Waals surface area (Å²) in [6.45, 7) is 1.75. The first-order chi connectivity index (χ1) is 9.51. The van der Waals surface area contributed by atoms with E-state index in [1.54, 1.807) is 6.92 Å². The van der Waals surface area contributed by atoms with Crippen molar-refractivity contribution in [2.24, 2.45) is 5.92 Å². The molecule has 1 saturated heterocycles. The van der Waals surface area contributed by atoms with Gasteiger partial charge in [-0.05, 0) is 18.9 Å². The normalized spacial score (nSPS) is 28.9. The van der Waals surface area contributed by atoms with Crippen LogP contribution < -0.4 is 5.32 Å². The smallest absolute Gasteiger partial charge is 0.325 e. The third-order valence-corrected chi connectivity index (χ3v) is 3.80. The number of hydrogen-bond donors (Lipinski definition) is 1. The molecule has 1 aliphatic heterocycles. The average Bonchev–Trinajstić information content (AvgIpc) is 2.86. The van der Waals surface area contributed by atoms with Gasteiger partial charge >= 0.3 is 11.9 Å². The van der Waals surface area contributed by atoms with Gasteiger partial charge in [-0.2, -0.15) is 0 Å². The molecule has 0 radical (unpaired) electrons. The minimum atomic E-state index is -0.881. The maximum atomic E-state index is 12.0. The average molecular weight is 277 g/mol. The Morgan fingerprint density at radius 2 is 1.85 bits per heavy atom. The van der Waals surface area contributed by atoms with Crippen LogP contribution in [0, 0.1) is 5.92 Å². The molecule has 0 bridgehead atoms. The number of rotatable bonds is 3. The monoisotopic (exact) mass is 277 g/mol. The first-order valence-corrected chi connectivity index (χ1v) is 6.50. The molecule has 1 heterocycles. The van der Waals surface area contributed by atoms with E-state index in [4.69, 9.17) is 9.47 Å². The molecule has 2 rings (SSSR count). The van der Waals surface area contributed by atoms with Crippen LogP contribution in [0.15, 0.2) is 30.3 Å². The lowest BCUT2D eigenvalue weighted by atomic mass is 9.90. The van der Waals surface area contributed by atoms with Crippen molar-refractivity contribution in [2.45, 2.75) is 24.9 Å². The Balaban J connectivity index is 2.33. The lowest BCUT2D eigenvalue weighted by Gasteiger charge is -2.22. The standard InChI is InChI=1S/C15H19NO4/c1-15(14(18)20-3)9-11(13(17)19-2)12(16-15)10-7-5-4-6-8-10/h4-8,11-12,16H,9H2,1-3H3. The molecule has 3 unspecified atom stereocenters. The van der Waals surface area contributed by atoms with Crippen molar-refractivity contribution in [3.63, 3.8) is 0 Å². The van der Waals surface area contributed by atoms with Crippen molar-refractivity contribution < 1.29 is 19.1 Å². The summed E-state index contributed by atoms with van der Waals surface area (Å²) in [5.41, 5.74) is 0.0734. The summed E-state index contributed by atoms with van der Waals surface area (Å²) in [5.74, 6) is -1.10. The first-order valence-electron chi connectivity index (χ1n) is 6.50. The molecule has 5 nitrogen and oxygen atoms in total. The van der Waals surface area contributed by atoms with E-state index in [2.05, 4.69) is 5.32 Å². The Hall–Kier alpha value is -1.88. The number of carbonyl (C=O) groups excluding carboxylic acids is 2. The summed E-state index contributed by atoms with van der Waals surface area (Å²) in [7, 11) is 2.70. The number of esters is 2. The number of methoxy groups -OCH3 is 2. The molecule has 108 valence electrons. The number of ether oxygens (including phenoxy) is 2. The zero-order valence-corrected chi connectivity index (χ0v) is 11.9. The first kappa shape index (κ1) is 14.5. The van der Waals surface area contributed by atoms with Gasteiger partial charge < -0.3 is 9.47 Å². The number of carbonyl (C=O) groups is 2. The third kappa shape index (κ3) is 2.54. The topological polar surface area (TPSA) is 64.6 Å². The van der Waals surface area contributed by atoms with Crippen LogP contribution in [0.4, 0.5) is 0 Å². The molecule has 1 fully saturated rings. The highest BCUT2D eigenvalue weighted by atomic mass is 16.5. The zero-order valence-electron chi connectivity index (χ0n) is 11.9. The van der Waals surface area contributed by atoms with Crippen LogP contribution in [-0.2, 0) is 19.1 Å². The van der Waals surface area contributed by atoms with E-state index in [0.29, 0.717) is 6.42 Å². The Morgan fingerprint density at radius 3 is 2.40 bits per heavy atom. The molecular weight excluding hydrogens is 258 g/mol. The second-order valence-corrected chi connectivity index (χ2v) is 5.19. The van der Waals surface area contributed by atoms with Crippen molar-refractivity contribution in [3.05, 3.63) is 35.9 Å². The van der Waals surface area contributed by atoms with Gasteiger partial charge in [-0.25, -0.2) is 0 Å². The van der Waals surface area contributed by atoms with Crippen LogP contribution in [0.2, 0.25) is 0 Å². The Labute approximate surface area is 118 Å². The third-order valence-electron chi connectivity index (χ3n) is 3.80. The van der Waals surface area contributed by atoms with Gasteiger partial charge in [0.25, 0.3) is 0 Å². The molecule has 1 aromatic rings. The van der Waals surface area contributed by atoms with E-state index in [0.717, 1.165) is 5.56 Å². The SMILES string of the molecule is COC(=O)C1CC(C)(C(=O)OC)NC1c1ccccc1. The molecule has 20 heavy (non-hydrogen) atoms. The van der Waals surface area contributed by atoms with E-state index in [1.165, 1.54) is 14.2 Å². The summed E-state index contributed by atoms with van der Waals surface area (Å²) in [5, 5.41) is 3.22. The fourth-order valence-electron chi connectivity index (χ4n) is 2.77. The molecule has 0 saturated carbocycles. The molecule has 0 spiro atoms. The Bertz CT molecular complexity index is 502. The second kappa shape index (κ2) is 5.63. The van der Waals surface area contributed by atoms with E-state index in [1.807, 2.05) is 30.3 Å². The minimum absolute atomic E-state index is 0.257. The van der Waals surface area contributed by atoms with Gasteiger partial charge in [0.05, 0.1) is 20.1 Å². The number of benzene rings is 1. The molecule has 3 atom stereocenters. The molecule has 0 aliphatic carbocycles. The highest BCUT2D eigenvalue weighted by molar-refractivity contribution is 5.84. The predicted molar refractivity (Wildman–Crippen MR) is 72.9 cm³/mol. The summed E-state index contributed by atoms with van der Waals surface area (Å²) >= 11 is 0. The van der Waals surface area contributed by atoms with Gasteiger partial charge in [0.15, 0.2) is 0 Å². The van der Waals surface area contributed by atoms with Gasteiger partial charge in [0.1, 0.15) is 5.54 Å². The van der Waals surface area contributed by atoms with Crippen LogP contribution in [0.1, 0.15) is 24.9 Å². The lowest BCUT2D eigenvalue weighted by Crippen LogP contribution is -2.45. The molecule has 1 aromatic carbocycles. The molecule has 1 aliphatic rings. The van der Waals surface area contributed by atoms with E-state index in [9.17, 15) is 9.59 Å². The summed E-state index contributed by atoms with van der Waals surface area (Å²) < 4.78 is 9.69. The second-order valence-electron chi connectivity index (χ2n) is 5.19. The van der Waals surface area contributed by atoms with Crippen molar-refractivity contribution in [2.75, 3.05) is 14.2 Å².